The van der Waals surface area contributed by atoms with E-state index in [2.05, 4.69) is 15.9 Å². The summed E-state index contributed by atoms with van der Waals surface area (Å²) in [6, 6.07) is 3.02. The Morgan fingerprint density at radius 2 is 1.89 bits per heavy atom. The van der Waals surface area contributed by atoms with Crippen LogP contribution in [-0.2, 0) is 10.2 Å². The average molecular weight is 515 g/mol. The fourth-order valence-corrected chi connectivity index (χ4v) is 5.56. The predicted octanol–water partition coefficient (Wildman–Crippen LogP) is 6.33. The first-order valence-electron chi connectivity index (χ1n) is 7.21. The molecule has 0 amide bonds. The summed E-state index contributed by atoms with van der Waals surface area (Å²) in [5.74, 6) is 0.0810. The summed E-state index contributed by atoms with van der Waals surface area (Å²) >= 11 is 4.64. The van der Waals surface area contributed by atoms with Crippen molar-refractivity contribution >= 4 is 56.7 Å². The maximum Gasteiger partial charge on any atom is 0.400 e. The Labute approximate surface area is 167 Å². The summed E-state index contributed by atoms with van der Waals surface area (Å²) in [6.07, 6.45) is -3.98. The zero-order valence-electron chi connectivity index (χ0n) is 13.5. The van der Waals surface area contributed by atoms with Gasteiger partial charge in [-0.05, 0) is 40.7 Å². The number of ether oxygens (including phenoxy) is 1. The summed E-state index contributed by atoms with van der Waals surface area (Å²) < 4.78 is 81.5. The highest BCUT2D eigenvalue weighted by molar-refractivity contribution is 9.10. The van der Waals surface area contributed by atoms with E-state index in [1.165, 1.54) is 23.9 Å². The van der Waals surface area contributed by atoms with Gasteiger partial charge in [-0.15, -0.1) is 23.1 Å². The molecule has 1 aromatic carbocycles. The van der Waals surface area contributed by atoms with Crippen molar-refractivity contribution in [1.82, 2.24) is 0 Å². The van der Waals surface area contributed by atoms with Crippen LogP contribution in [0.1, 0.15) is 17.7 Å². The van der Waals surface area contributed by atoms with Gasteiger partial charge in [-0.25, -0.2) is 0 Å². The van der Waals surface area contributed by atoms with Crippen molar-refractivity contribution < 1.29 is 41.0 Å². The minimum Gasteiger partial charge on any atom is -0.492 e. The number of rotatable bonds is 7. The van der Waals surface area contributed by atoms with E-state index in [0.29, 0.717) is 16.2 Å². The van der Waals surface area contributed by atoms with Crippen molar-refractivity contribution in [3.05, 3.63) is 21.5 Å². The van der Waals surface area contributed by atoms with Gasteiger partial charge in [0.1, 0.15) is 10.6 Å². The van der Waals surface area contributed by atoms with Crippen molar-refractivity contribution in [2.24, 2.45) is 0 Å². The molecule has 0 atom stereocenters. The van der Waals surface area contributed by atoms with Crippen molar-refractivity contribution in [1.29, 1.82) is 0 Å². The van der Waals surface area contributed by atoms with E-state index in [9.17, 15) is 26.5 Å². The third-order valence-electron chi connectivity index (χ3n) is 3.41. The van der Waals surface area contributed by atoms with Gasteiger partial charge in [0, 0.05) is 21.2 Å². The number of benzene rings is 1. The van der Waals surface area contributed by atoms with Crippen LogP contribution >= 0.6 is 46.6 Å². The molecule has 2 aromatic rings. The van der Waals surface area contributed by atoms with Gasteiger partial charge in [0.2, 0.25) is 0 Å². The first kappa shape index (κ1) is 22.9. The van der Waals surface area contributed by atoms with E-state index < -0.39 is 30.7 Å². The molecule has 0 saturated carbocycles. The summed E-state index contributed by atoms with van der Waals surface area (Å²) in [5.41, 5.74) is -4.41. The average Bonchev–Trinajstić information content (AvgIpc) is 2.87. The molecule has 1 aromatic heterocycles. The zero-order chi connectivity index (χ0) is 20.6. The highest BCUT2D eigenvalue weighted by atomic mass is 79.9. The molecule has 0 aliphatic heterocycles. The molecule has 0 aliphatic rings. The number of hydrogen-bond donors (Lipinski definition) is 2. The minimum absolute atomic E-state index is 0.0810. The lowest BCUT2D eigenvalue weighted by Gasteiger charge is -2.16. The van der Waals surface area contributed by atoms with Crippen LogP contribution < -0.4 is 4.74 Å². The van der Waals surface area contributed by atoms with Crippen molar-refractivity contribution in [3.8, 4) is 5.75 Å². The van der Waals surface area contributed by atoms with Crippen LogP contribution in [0.15, 0.2) is 21.5 Å². The van der Waals surface area contributed by atoms with E-state index in [1.54, 1.807) is 6.26 Å². The van der Waals surface area contributed by atoms with Crippen LogP contribution in [0.2, 0.25) is 0 Å². The molecule has 2 rings (SSSR count). The quantitative estimate of drug-likeness (QED) is 0.195. The molecule has 152 valence electrons. The van der Waals surface area contributed by atoms with Gasteiger partial charge in [0.05, 0.1) is 11.3 Å². The number of thioether (sulfide) groups is 1. The lowest BCUT2D eigenvalue weighted by Crippen LogP contribution is -2.12. The van der Waals surface area contributed by atoms with Crippen LogP contribution in [0.3, 0.4) is 0 Å². The van der Waals surface area contributed by atoms with Crippen molar-refractivity contribution in [2.45, 2.75) is 29.6 Å². The molecule has 1 heterocycles. The normalized spacial score (nSPS) is 13.4. The molecule has 0 fully saturated rings. The summed E-state index contributed by atoms with van der Waals surface area (Å²) in [5, 5.41) is 0.237. The molecule has 0 bridgehead atoms. The van der Waals surface area contributed by atoms with Crippen molar-refractivity contribution in [3.63, 3.8) is 0 Å². The molecular weight excluding hydrogens is 502 g/mol. The smallest absolute Gasteiger partial charge is 0.400 e. The van der Waals surface area contributed by atoms with E-state index in [4.69, 9.17) is 14.5 Å². The molecule has 2 N–H and O–H groups in total. The molecule has 0 saturated heterocycles. The second kappa shape index (κ2) is 8.16. The number of halogens is 6. The molecular formula is C14H13BrF5O4PS2. The van der Waals surface area contributed by atoms with Crippen LogP contribution in [0, 0.1) is 0 Å². The Morgan fingerprint density at radius 3 is 2.41 bits per heavy atom. The van der Waals surface area contributed by atoms with Crippen LogP contribution in [0.4, 0.5) is 22.0 Å². The molecule has 4 nitrogen and oxygen atoms in total. The van der Waals surface area contributed by atoms with E-state index in [0.717, 1.165) is 0 Å². The van der Waals surface area contributed by atoms with E-state index >= 15 is 0 Å². The van der Waals surface area contributed by atoms with Gasteiger partial charge in [-0.2, -0.15) is 22.0 Å². The second-order valence-corrected chi connectivity index (χ2v) is 9.74. The number of thiophene rings is 1. The molecule has 0 spiro atoms. The van der Waals surface area contributed by atoms with Crippen molar-refractivity contribution in [2.75, 3.05) is 12.9 Å². The Bertz CT molecular complexity index is 880. The largest absolute Gasteiger partial charge is 0.492 e. The fraction of sp³-hybridized carbons (Fsp3) is 0.429. The monoisotopic (exact) mass is 514 g/mol. The highest BCUT2D eigenvalue weighted by Gasteiger charge is 2.53. The Hall–Kier alpha value is -0.390. The SMILES string of the molecule is CSc1cc(OCCCC(F)(F)F)c2sc(C(F)(F)P(=O)(O)O)c(Br)c2c1. The van der Waals surface area contributed by atoms with Crippen LogP contribution in [0.25, 0.3) is 10.1 Å². The Morgan fingerprint density at radius 1 is 1.26 bits per heavy atom. The Balaban J connectivity index is 2.46. The third kappa shape index (κ3) is 5.16. The first-order chi connectivity index (χ1) is 12.3. The minimum atomic E-state index is -5.78. The standard InChI is InChI=1S/C14H13BrF5O4PS2/c1-26-7-5-8-10(15)12(14(19,20)25(21,22)23)27-11(8)9(6-7)24-4-2-3-13(16,17)18/h5-6H,2-4H2,1H3,(H2,21,22,23). The first-order valence-corrected chi connectivity index (χ1v) is 11.7. The van der Waals surface area contributed by atoms with Crippen LogP contribution in [0.5, 0.6) is 5.75 Å². The van der Waals surface area contributed by atoms with Gasteiger partial charge < -0.3 is 14.5 Å². The van der Waals surface area contributed by atoms with Crippen LogP contribution in [-0.4, -0.2) is 28.8 Å². The van der Waals surface area contributed by atoms with E-state index in [1.807, 2.05) is 0 Å². The summed E-state index contributed by atoms with van der Waals surface area (Å²) in [7, 11) is -5.78. The maximum atomic E-state index is 14.2. The molecule has 27 heavy (non-hydrogen) atoms. The van der Waals surface area contributed by atoms with Gasteiger partial charge in [-0.3, -0.25) is 4.57 Å². The molecule has 0 unspecified atom stereocenters. The highest BCUT2D eigenvalue weighted by Crippen LogP contribution is 2.63. The maximum absolute atomic E-state index is 14.2. The molecule has 0 radical (unpaired) electrons. The summed E-state index contributed by atoms with van der Waals surface area (Å²) in [6.45, 7) is -0.286. The fourth-order valence-electron chi connectivity index (χ4n) is 2.12. The van der Waals surface area contributed by atoms with Gasteiger partial charge in [-0.1, -0.05) is 0 Å². The summed E-state index contributed by atoms with van der Waals surface area (Å²) in [4.78, 5) is 17.7. The van der Waals surface area contributed by atoms with Gasteiger partial charge in [0.15, 0.2) is 0 Å². The topological polar surface area (TPSA) is 66.8 Å². The second-order valence-electron chi connectivity index (χ2n) is 5.40. The van der Waals surface area contributed by atoms with Gasteiger partial charge in [0.25, 0.3) is 0 Å². The predicted molar refractivity (Wildman–Crippen MR) is 98.0 cm³/mol. The number of fused-ring (bicyclic) bond motifs is 1. The van der Waals surface area contributed by atoms with E-state index in [-0.39, 0.29) is 33.3 Å². The Kier molecular flexibility index (Phi) is 6.92. The van der Waals surface area contributed by atoms with Gasteiger partial charge >= 0.3 is 19.4 Å². The number of hydrogen-bond acceptors (Lipinski definition) is 4. The molecule has 0 aliphatic carbocycles. The zero-order valence-corrected chi connectivity index (χ0v) is 17.6. The number of alkyl halides is 5. The lowest BCUT2D eigenvalue weighted by molar-refractivity contribution is -0.136. The lowest BCUT2D eigenvalue weighted by atomic mass is 10.2. The third-order valence-corrected chi connectivity index (χ3v) is 7.59. The molecule has 13 heteroatoms.